The van der Waals surface area contributed by atoms with Crippen molar-refractivity contribution in [2.24, 2.45) is 25.0 Å². The zero-order chi connectivity index (χ0) is 28.8. The van der Waals surface area contributed by atoms with E-state index in [1.165, 1.54) is 0 Å². The molecule has 0 N–H and O–H groups in total. The standard InChI is InChI=1S/C30H32ClN9O/c1-36(2)12-11-34-30-38(4)29(41)26-27(25-13-20(15-32)16-37(25)3)40(35-28(26)39(30)17-19-5-6-19)18-21-9-10-33-24-8-7-22(31)14-23(21)24/h7-10,13-14,16,19H,5-6,11-12,17-18H2,1-4H3/b34-30+. The summed E-state index contributed by atoms with van der Waals surface area (Å²) >= 11 is 6.37. The third kappa shape index (κ3) is 5.07. The lowest BCUT2D eigenvalue weighted by molar-refractivity contribution is 0.415. The molecule has 5 aromatic rings. The number of hydrogen-bond donors (Lipinski definition) is 0. The molecule has 0 spiro atoms. The largest absolute Gasteiger partial charge is 0.348 e. The van der Waals surface area contributed by atoms with Crippen LogP contribution in [0.3, 0.4) is 0 Å². The van der Waals surface area contributed by atoms with E-state index in [0.29, 0.717) is 51.9 Å². The first-order valence-electron chi connectivity index (χ1n) is 13.7. The van der Waals surface area contributed by atoms with Crippen molar-refractivity contribution < 1.29 is 0 Å². The van der Waals surface area contributed by atoms with Crippen LogP contribution in [-0.4, -0.2) is 60.6 Å². The molecule has 0 bridgehead atoms. The fraction of sp³-hybridized carbons (Fsp3) is 0.367. The number of benzene rings is 1. The van der Waals surface area contributed by atoms with Crippen LogP contribution in [0.2, 0.25) is 5.02 Å². The van der Waals surface area contributed by atoms with E-state index in [1.807, 2.05) is 60.7 Å². The molecule has 41 heavy (non-hydrogen) atoms. The van der Waals surface area contributed by atoms with Crippen molar-refractivity contribution in [3.8, 4) is 17.5 Å². The maximum Gasteiger partial charge on any atom is 0.266 e. The van der Waals surface area contributed by atoms with E-state index in [4.69, 9.17) is 21.7 Å². The number of pyridine rings is 1. The van der Waals surface area contributed by atoms with Crippen molar-refractivity contribution in [3.63, 3.8) is 0 Å². The maximum absolute atomic E-state index is 14.1. The molecule has 1 saturated carbocycles. The average molecular weight is 570 g/mol. The van der Waals surface area contributed by atoms with Gasteiger partial charge in [0, 0.05) is 50.0 Å². The van der Waals surface area contributed by atoms with Gasteiger partial charge in [0.15, 0.2) is 5.65 Å². The summed E-state index contributed by atoms with van der Waals surface area (Å²) in [5.74, 6) is 0.531. The van der Waals surface area contributed by atoms with Crippen molar-refractivity contribution in [3.05, 3.63) is 74.8 Å². The van der Waals surface area contributed by atoms with E-state index in [1.54, 1.807) is 24.0 Å². The molecule has 1 aliphatic rings. The van der Waals surface area contributed by atoms with Gasteiger partial charge in [-0.2, -0.15) is 10.4 Å². The number of nitriles is 1. The minimum atomic E-state index is -0.167. The summed E-state index contributed by atoms with van der Waals surface area (Å²) in [6.45, 7) is 2.47. The molecule has 1 aliphatic carbocycles. The Morgan fingerprint density at radius 2 is 2.00 bits per heavy atom. The van der Waals surface area contributed by atoms with Gasteiger partial charge in [-0.3, -0.25) is 28.6 Å². The monoisotopic (exact) mass is 569 g/mol. The minimum absolute atomic E-state index is 0.167. The number of likely N-dealkylation sites (N-methyl/N-ethyl adjacent to an activating group) is 1. The Morgan fingerprint density at radius 3 is 2.71 bits per heavy atom. The summed E-state index contributed by atoms with van der Waals surface area (Å²) in [4.78, 5) is 25.6. The number of hydrogen-bond acceptors (Lipinski definition) is 6. The highest BCUT2D eigenvalue weighted by Crippen LogP contribution is 2.33. The highest BCUT2D eigenvalue weighted by atomic mass is 35.5. The van der Waals surface area contributed by atoms with E-state index in [0.717, 1.165) is 48.1 Å². The van der Waals surface area contributed by atoms with Gasteiger partial charge >= 0.3 is 0 Å². The highest BCUT2D eigenvalue weighted by molar-refractivity contribution is 6.31. The quantitative estimate of drug-likeness (QED) is 0.284. The second-order valence-electron chi connectivity index (χ2n) is 11.1. The highest BCUT2D eigenvalue weighted by Gasteiger charge is 2.28. The molecule has 1 aromatic carbocycles. The zero-order valence-corrected chi connectivity index (χ0v) is 24.4. The van der Waals surface area contributed by atoms with E-state index in [9.17, 15) is 10.1 Å². The molecule has 11 heteroatoms. The predicted octanol–water partition coefficient (Wildman–Crippen LogP) is 3.54. The first-order valence-corrected chi connectivity index (χ1v) is 14.1. The minimum Gasteiger partial charge on any atom is -0.348 e. The topological polar surface area (TPSA) is 102 Å². The van der Waals surface area contributed by atoms with E-state index < -0.39 is 0 Å². The van der Waals surface area contributed by atoms with Gasteiger partial charge in [0.2, 0.25) is 5.62 Å². The zero-order valence-electron chi connectivity index (χ0n) is 23.7. The van der Waals surface area contributed by atoms with Crippen LogP contribution in [-0.2, 0) is 27.2 Å². The number of aromatic nitrogens is 6. The molecule has 0 aliphatic heterocycles. The first-order chi connectivity index (χ1) is 19.7. The lowest BCUT2D eigenvalue weighted by Crippen LogP contribution is -2.40. The number of rotatable bonds is 8. The Labute approximate surface area is 242 Å². The molecular formula is C30H32ClN9O. The summed E-state index contributed by atoms with van der Waals surface area (Å²) in [5.41, 5.74) is 4.80. The van der Waals surface area contributed by atoms with Gasteiger partial charge in [0.1, 0.15) is 17.1 Å². The Morgan fingerprint density at radius 1 is 1.20 bits per heavy atom. The fourth-order valence-corrected chi connectivity index (χ4v) is 5.52. The Kier molecular flexibility index (Phi) is 7.01. The smallest absolute Gasteiger partial charge is 0.266 e. The second-order valence-corrected chi connectivity index (χ2v) is 11.5. The molecule has 4 heterocycles. The lowest BCUT2D eigenvalue weighted by Gasteiger charge is -2.13. The number of halogens is 1. The molecular weight excluding hydrogens is 538 g/mol. The molecule has 1 fully saturated rings. The van der Waals surface area contributed by atoms with Gasteiger partial charge < -0.3 is 9.47 Å². The molecule has 10 nitrogen and oxygen atoms in total. The molecule has 0 radical (unpaired) electrons. The maximum atomic E-state index is 14.1. The van der Waals surface area contributed by atoms with Crippen molar-refractivity contribution in [2.45, 2.75) is 25.9 Å². The van der Waals surface area contributed by atoms with Gasteiger partial charge in [-0.15, -0.1) is 0 Å². The third-order valence-electron chi connectivity index (χ3n) is 7.68. The Hall–Kier alpha value is -4.20. The van der Waals surface area contributed by atoms with Crippen molar-refractivity contribution >= 4 is 33.5 Å². The molecule has 0 unspecified atom stereocenters. The predicted molar refractivity (Wildman–Crippen MR) is 160 cm³/mol. The average Bonchev–Trinajstić information content (AvgIpc) is 3.58. The molecule has 0 atom stereocenters. The van der Waals surface area contributed by atoms with Crippen LogP contribution in [0, 0.1) is 17.2 Å². The van der Waals surface area contributed by atoms with Crippen LogP contribution in [0.1, 0.15) is 24.0 Å². The Bertz CT molecular complexity index is 1960. The fourth-order valence-electron chi connectivity index (χ4n) is 5.35. The summed E-state index contributed by atoms with van der Waals surface area (Å²) < 4.78 is 7.52. The van der Waals surface area contributed by atoms with Gasteiger partial charge in [-0.05, 0) is 68.8 Å². The third-order valence-corrected chi connectivity index (χ3v) is 7.91. The number of nitrogens with zero attached hydrogens (tertiary/aromatic N) is 9. The van der Waals surface area contributed by atoms with E-state index in [2.05, 4.69) is 20.5 Å². The van der Waals surface area contributed by atoms with Gasteiger partial charge in [-0.25, -0.2) is 0 Å². The summed E-state index contributed by atoms with van der Waals surface area (Å²) in [5, 5.41) is 16.8. The van der Waals surface area contributed by atoms with Gasteiger partial charge in [0.05, 0.1) is 29.9 Å². The van der Waals surface area contributed by atoms with Crippen molar-refractivity contribution in [2.75, 3.05) is 27.2 Å². The van der Waals surface area contributed by atoms with Crippen LogP contribution in [0.4, 0.5) is 0 Å². The SMILES string of the molecule is CN(C)CC/N=c1\n(C)c(=O)c2c(-c3cc(C#N)cn3C)n(Cc3ccnc4ccc(Cl)cc34)nc2n1CC1CC1. The molecule has 4 aromatic heterocycles. The van der Waals surface area contributed by atoms with Gasteiger partial charge in [-0.1, -0.05) is 11.6 Å². The molecule has 6 rings (SSSR count). The summed E-state index contributed by atoms with van der Waals surface area (Å²) in [7, 11) is 7.68. The van der Waals surface area contributed by atoms with Crippen molar-refractivity contribution in [1.29, 1.82) is 5.26 Å². The van der Waals surface area contributed by atoms with Crippen LogP contribution < -0.4 is 11.2 Å². The van der Waals surface area contributed by atoms with Crippen LogP contribution in [0.15, 0.2) is 52.5 Å². The first kappa shape index (κ1) is 27.0. The van der Waals surface area contributed by atoms with Crippen LogP contribution in [0.5, 0.6) is 0 Å². The number of aryl methyl sites for hydroxylation is 1. The van der Waals surface area contributed by atoms with Gasteiger partial charge in [0.25, 0.3) is 5.56 Å². The second kappa shape index (κ2) is 10.7. The van der Waals surface area contributed by atoms with E-state index >= 15 is 0 Å². The van der Waals surface area contributed by atoms with Crippen LogP contribution in [0.25, 0.3) is 33.3 Å². The number of fused-ring (bicyclic) bond motifs is 2. The summed E-state index contributed by atoms with van der Waals surface area (Å²) in [6, 6.07) is 11.6. The lowest BCUT2D eigenvalue weighted by atomic mass is 10.1. The Balaban J connectivity index is 1.65. The normalized spacial score (nSPS) is 14.0. The summed E-state index contributed by atoms with van der Waals surface area (Å²) in [6.07, 6.45) is 5.84. The van der Waals surface area contributed by atoms with Crippen molar-refractivity contribution in [1.82, 2.24) is 33.4 Å². The molecule has 0 saturated heterocycles. The molecule has 0 amide bonds. The van der Waals surface area contributed by atoms with E-state index in [-0.39, 0.29) is 5.56 Å². The van der Waals surface area contributed by atoms with Crippen LogP contribution >= 0.6 is 11.6 Å². The molecule has 210 valence electrons.